The fourth-order valence-corrected chi connectivity index (χ4v) is 4.95. The van der Waals surface area contributed by atoms with Gasteiger partial charge in [0.2, 0.25) is 5.91 Å². The summed E-state index contributed by atoms with van der Waals surface area (Å²) in [6.07, 6.45) is 5.13. The van der Waals surface area contributed by atoms with Crippen LogP contribution in [0.15, 0.2) is 0 Å². The highest BCUT2D eigenvalue weighted by Gasteiger charge is 2.49. The van der Waals surface area contributed by atoms with Gasteiger partial charge >= 0.3 is 0 Å². The summed E-state index contributed by atoms with van der Waals surface area (Å²) < 4.78 is 0. The third kappa shape index (κ3) is 3.21. The van der Waals surface area contributed by atoms with Gasteiger partial charge in [0.05, 0.1) is 0 Å². The second kappa shape index (κ2) is 6.93. The van der Waals surface area contributed by atoms with Crippen LogP contribution in [0.1, 0.15) is 74.1 Å². The number of amides is 1. The second-order valence-corrected chi connectivity index (χ2v) is 8.92. The van der Waals surface area contributed by atoms with Gasteiger partial charge in [0.25, 0.3) is 0 Å². The molecule has 1 saturated carbocycles. The molecular weight excluding hydrogens is 270 g/mol. The highest BCUT2D eigenvalue weighted by Crippen LogP contribution is 2.45. The van der Waals surface area contributed by atoms with Crippen LogP contribution in [-0.4, -0.2) is 22.9 Å². The molecule has 22 heavy (non-hydrogen) atoms. The van der Waals surface area contributed by atoms with E-state index in [4.69, 9.17) is 0 Å². The standard InChI is InChI=1S/C20H37NO/c1-12(2)15(7)19(14(5)6)20(22)21-17-10-8-9-16(17)11-18(21)13(3)4/h12-19H,8-11H2,1-7H3/t15?,16?,17?,18-,19?/m0/s1. The Morgan fingerprint density at radius 2 is 1.59 bits per heavy atom. The van der Waals surface area contributed by atoms with E-state index in [2.05, 4.69) is 53.4 Å². The Hall–Kier alpha value is -0.530. The van der Waals surface area contributed by atoms with Gasteiger partial charge < -0.3 is 4.90 Å². The number of carbonyl (C=O) groups excluding carboxylic acids is 1. The van der Waals surface area contributed by atoms with Gasteiger partial charge in [-0.1, -0.05) is 54.9 Å². The Bertz CT molecular complexity index is 387. The van der Waals surface area contributed by atoms with Crippen LogP contribution in [0.4, 0.5) is 0 Å². The van der Waals surface area contributed by atoms with Crippen molar-refractivity contribution < 1.29 is 4.79 Å². The van der Waals surface area contributed by atoms with Crippen LogP contribution in [0.25, 0.3) is 0 Å². The van der Waals surface area contributed by atoms with Crippen molar-refractivity contribution in [1.82, 2.24) is 4.90 Å². The largest absolute Gasteiger partial charge is 0.336 e. The molecule has 0 aromatic carbocycles. The summed E-state index contributed by atoms with van der Waals surface area (Å²) in [6, 6.07) is 1.02. The normalized spacial score (nSPS) is 31.2. The van der Waals surface area contributed by atoms with E-state index in [0.717, 1.165) is 5.92 Å². The van der Waals surface area contributed by atoms with Crippen molar-refractivity contribution in [2.45, 2.75) is 86.2 Å². The van der Waals surface area contributed by atoms with Crippen molar-refractivity contribution in [3.8, 4) is 0 Å². The smallest absolute Gasteiger partial charge is 0.226 e. The fraction of sp³-hybridized carbons (Fsp3) is 0.950. The Labute approximate surface area is 138 Å². The first kappa shape index (κ1) is 17.8. The van der Waals surface area contributed by atoms with Crippen LogP contribution in [0, 0.1) is 35.5 Å². The fourth-order valence-electron chi connectivity index (χ4n) is 4.95. The van der Waals surface area contributed by atoms with Gasteiger partial charge in [0.1, 0.15) is 0 Å². The molecule has 0 aromatic rings. The minimum Gasteiger partial charge on any atom is -0.336 e. The molecule has 1 saturated heterocycles. The minimum atomic E-state index is 0.181. The van der Waals surface area contributed by atoms with E-state index in [-0.39, 0.29) is 5.92 Å². The van der Waals surface area contributed by atoms with Crippen molar-refractivity contribution in [1.29, 1.82) is 0 Å². The van der Waals surface area contributed by atoms with Crippen molar-refractivity contribution in [3.63, 3.8) is 0 Å². The van der Waals surface area contributed by atoms with E-state index in [1.165, 1.54) is 25.7 Å². The lowest BCUT2D eigenvalue weighted by Crippen LogP contribution is -2.49. The Morgan fingerprint density at radius 1 is 0.955 bits per heavy atom. The molecule has 2 fully saturated rings. The third-order valence-corrected chi connectivity index (χ3v) is 6.52. The van der Waals surface area contributed by atoms with Gasteiger partial charge in [-0.3, -0.25) is 4.79 Å². The number of hydrogen-bond donors (Lipinski definition) is 0. The molecule has 2 nitrogen and oxygen atoms in total. The minimum absolute atomic E-state index is 0.181. The molecule has 128 valence electrons. The number of rotatable bonds is 5. The van der Waals surface area contributed by atoms with Crippen molar-refractivity contribution in [2.24, 2.45) is 35.5 Å². The molecule has 0 radical (unpaired) electrons. The van der Waals surface area contributed by atoms with Crippen LogP contribution in [0.2, 0.25) is 0 Å². The Morgan fingerprint density at radius 3 is 2.09 bits per heavy atom. The molecule has 5 atom stereocenters. The summed E-state index contributed by atoms with van der Waals surface area (Å²) in [5, 5.41) is 0. The highest BCUT2D eigenvalue weighted by molar-refractivity contribution is 5.80. The van der Waals surface area contributed by atoms with Gasteiger partial charge in [-0.15, -0.1) is 0 Å². The van der Waals surface area contributed by atoms with Gasteiger partial charge in [0.15, 0.2) is 0 Å². The number of likely N-dealkylation sites (tertiary alicyclic amines) is 1. The number of hydrogen-bond acceptors (Lipinski definition) is 1. The van der Waals surface area contributed by atoms with Crippen molar-refractivity contribution >= 4 is 5.91 Å². The SMILES string of the molecule is CC(C)C(C)C(C(=O)N1C2CCCC2C[C@H]1C(C)C)C(C)C. The molecule has 0 aromatic heterocycles. The van der Waals surface area contributed by atoms with Crippen LogP contribution >= 0.6 is 0 Å². The average Bonchev–Trinajstić information content (AvgIpc) is 2.97. The summed E-state index contributed by atoms with van der Waals surface area (Å²) >= 11 is 0. The molecule has 0 spiro atoms. The molecule has 0 N–H and O–H groups in total. The molecule has 0 bridgehead atoms. The molecule has 1 heterocycles. The van der Waals surface area contributed by atoms with Gasteiger partial charge in [0, 0.05) is 18.0 Å². The van der Waals surface area contributed by atoms with Crippen LogP contribution < -0.4 is 0 Å². The van der Waals surface area contributed by atoms with Crippen LogP contribution in [-0.2, 0) is 4.79 Å². The quantitative estimate of drug-likeness (QED) is 0.701. The molecule has 1 aliphatic heterocycles. The van der Waals surface area contributed by atoms with E-state index in [1.54, 1.807) is 0 Å². The van der Waals surface area contributed by atoms with Crippen LogP contribution in [0.3, 0.4) is 0 Å². The zero-order valence-electron chi connectivity index (χ0n) is 15.8. The highest BCUT2D eigenvalue weighted by atomic mass is 16.2. The first-order valence-electron chi connectivity index (χ1n) is 9.57. The maximum absolute atomic E-state index is 13.5. The van der Waals surface area contributed by atoms with Gasteiger partial charge in [-0.25, -0.2) is 0 Å². The molecular formula is C20H37NO. The monoisotopic (exact) mass is 307 g/mol. The molecule has 4 unspecified atom stereocenters. The summed E-state index contributed by atoms with van der Waals surface area (Å²) in [6.45, 7) is 15.8. The first-order valence-corrected chi connectivity index (χ1v) is 9.57. The topological polar surface area (TPSA) is 20.3 Å². The Kier molecular flexibility index (Phi) is 5.61. The Balaban J connectivity index is 2.26. The van der Waals surface area contributed by atoms with Crippen molar-refractivity contribution in [3.05, 3.63) is 0 Å². The summed E-state index contributed by atoms with van der Waals surface area (Å²) in [4.78, 5) is 15.9. The molecule has 1 amide bonds. The number of nitrogens with zero attached hydrogens (tertiary/aromatic N) is 1. The maximum Gasteiger partial charge on any atom is 0.226 e. The maximum atomic E-state index is 13.5. The first-order chi connectivity index (χ1) is 10.3. The summed E-state index contributed by atoms with van der Waals surface area (Å²) in [7, 11) is 0. The summed E-state index contributed by atoms with van der Waals surface area (Å²) in [5.74, 6) is 3.45. The molecule has 2 rings (SSSR count). The lowest BCUT2D eigenvalue weighted by molar-refractivity contribution is -0.143. The van der Waals surface area contributed by atoms with E-state index in [1.807, 2.05) is 0 Å². The summed E-state index contributed by atoms with van der Waals surface area (Å²) in [5.41, 5.74) is 0. The predicted molar refractivity (Wildman–Crippen MR) is 93.5 cm³/mol. The van der Waals surface area contributed by atoms with Crippen molar-refractivity contribution in [2.75, 3.05) is 0 Å². The van der Waals surface area contributed by atoms with E-state index < -0.39 is 0 Å². The van der Waals surface area contributed by atoms with E-state index in [9.17, 15) is 4.79 Å². The van der Waals surface area contributed by atoms with E-state index >= 15 is 0 Å². The number of carbonyl (C=O) groups is 1. The molecule has 1 aliphatic carbocycles. The zero-order valence-corrected chi connectivity index (χ0v) is 15.8. The van der Waals surface area contributed by atoms with Crippen LogP contribution in [0.5, 0.6) is 0 Å². The predicted octanol–water partition coefficient (Wildman–Crippen LogP) is 4.98. The third-order valence-electron chi connectivity index (χ3n) is 6.52. The molecule has 2 heteroatoms. The second-order valence-electron chi connectivity index (χ2n) is 8.92. The number of fused-ring (bicyclic) bond motifs is 1. The lowest BCUT2D eigenvalue weighted by Gasteiger charge is -2.39. The zero-order chi connectivity index (χ0) is 16.6. The average molecular weight is 308 g/mol. The lowest BCUT2D eigenvalue weighted by atomic mass is 9.77. The van der Waals surface area contributed by atoms with E-state index in [0.29, 0.717) is 41.7 Å². The van der Waals surface area contributed by atoms with Gasteiger partial charge in [-0.2, -0.15) is 0 Å². The molecule has 2 aliphatic rings. The van der Waals surface area contributed by atoms with Gasteiger partial charge in [-0.05, 0) is 48.9 Å².